The Morgan fingerprint density at radius 3 is 2.42 bits per heavy atom. The third-order valence-corrected chi connectivity index (χ3v) is 7.35. The number of hydrogen-bond acceptors (Lipinski definition) is 7. The summed E-state index contributed by atoms with van der Waals surface area (Å²) in [4.78, 5) is 18.7. The van der Waals surface area contributed by atoms with Gasteiger partial charge in [0.15, 0.2) is 5.82 Å². The SMILES string of the molecule is COc1ccc2c(=O)n(-c3ccc(Cl)c4c(NS(C)(=O)=O)nn(CC(F)F)c34)c(C(N)Cc3cc(F)cc(F)c3)nc2c1. The first-order valence-electron chi connectivity index (χ1n) is 12.5. The zero-order valence-corrected chi connectivity index (χ0v) is 24.1. The Hall–Kier alpha value is -4.21. The number of halogens is 5. The first-order chi connectivity index (χ1) is 20.3. The summed E-state index contributed by atoms with van der Waals surface area (Å²) >= 11 is 6.42. The monoisotopic (exact) mass is 638 g/mol. The third kappa shape index (κ3) is 6.14. The fourth-order valence-electron chi connectivity index (χ4n) is 4.82. The smallest absolute Gasteiger partial charge is 0.266 e. The van der Waals surface area contributed by atoms with E-state index in [1.165, 1.54) is 37.4 Å². The molecule has 10 nitrogen and oxygen atoms in total. The van der Waals surface area contributed by atoms with Crippen LogP contribution in [0.25, 0.3) is 27.5 Å². The van der Waals surface area contributed by atoms with E-state index in [-0.39, 0.29) is 56.1 Å². The van der Waals surface area contributed by atoms with E-state index in [1.807, 2.05) is 0 Å². The summed E-state index contributed by atoms with van der Waals surface area (Å²) in [5, 5.41) is 4.04. The molecule has 0 bridgehead atoms. The van der Waals surface area contributed by atoms with Crippen molar-refractivity contribution in [3.05, 3.63) is 86.9 Å². The molecule has 0 aliphatic heterocycles. The molecule has 43 heavy (non-hydrogen) atoms. The van der Waals surface area contributed by atoms with E-state index >= 15 is 0 Å². The van der Waals surface area contributed by atoms with Gasteiger partial charge in [0.05, 0.1) is 51.9 Å². The van der Waals surface area contributed by atoms with Crippen molar-refractivity contribution in [2.24, 2.45) is 5.73 Å². The minimum absolute atomic E-state index is 0.0415. The fraction of sp³-hybridized carbons (Fsp3) is 0.222. The highest BCUT2D eigenvalue weighted by Crippen LogP contribution is 2.36. The molecule has 5 aromatic rings. The van der Waals surface area contributed by atoms with Crippen LogP contribution in [-0.2, 0) is 23.0 Å². The number of anilines is 1. The first-order valence-corrected chi connectivity index (χ1v) is 14.8. The Morgan fingerprint density at radius 2 is 1.79 bits per heavy atom. The molecule has 0 radical (unpaired) electrons. The second-order valence-electron chi connectivity index (χ2n) is 9.67. The maximum atomic E-state index is 14.1. The number of nitrogens with zero attached hydrogens (tertiary/aromatic N) is 4. The second kappa shape index (κ2) is 11.5. The molecule has 0 saturated heterocycles. The number of sulfonamides is 1. The van der Waals surface area contributed by atoms with Crippen LogP contribution in [0.1, 0.15) is 17.4 Å². The van der Waals surface area contributed by atoms with Gasteiger partial charge in [-0.05, 0) is 48.4 Å². The summed E-state index contributed by atoms with van der Waals surface area (Å²) < 4.78 is 88.8. The van der Waals surface area contributed by atoms with Gasteiger partial charge in [-0.2, -0.15) is 5.10 Å². The third-order valence-electron chi connectivity index (χ3n) is 6.47. The van der Waals surface area contributed by atoms with Gasteiger partial charge in [-0.3, -0.25) is 18.8 Å². The second-order valence-corrected chi connectivity index (χ2v) is 11.8. The summed E-state index contributed by atoms with van der Waals surface area (Å²) in [6.07, 6.45) is -2.25. The topological polar surface area (TPSA) is 134 Å². The number of methoxy groups -OCH3 is 1. The van der Waals surface area contributed by atoms with Crippen LogP contribution in [0.2, 0.25) is 5.02 Å². The van der Waals surface area contributed by atoms with Crippen LogP contribution < -0.4 is 20.8 Å². The summed E-state index contributed by atoms with van der Waals surface area (Å²) in [6, 6.07) is 8.87. The number of nitrogens with one attached hydrogen (secondary N) is 1. The van der Waals surface area contributed by atoms with Crippen molar-refractivity contribution in [1.82, 2.24) is 19.3 Å². The van der Waals surface area contributed by atoms with Gasteiger partial charge >= 0.3 is 0 Å². The maximum absolute atomic E-state index is 14.1. The molecule has 2 heterocycles. The van der Waals surface area contributed by atoms with Crippen molar-refractivity contribution >= 4 is 49.2 Å². The van der Waals surface area contributed by atoms with Gasteiger partial charge in [0.2, 0.25) is 10.0 Å². The van der Waals surface area contributed by atoms with Crippen molar-refractivity contribution < 1.29 is 30.7 Å². The lowest BCUT2D eigenvalue weighted by atomic mass is 10.0. The normalized spacial score (nSPS) is 12.8. The van der Waals surface area contributed by atoms with Crippen LogP contribution in [0, 0.1) is 11.6 Å². The van der Waals surface area contributed by atoms with Crippen molar-refractivity contribution in [3.8, 4) is 11.4 Å². The van der Waals surface area contributed by atoms with Gasteiger partial charge in [-0.15, -0.1) is 0 Å². The number of benzene rings is 3. The van der Waals surface area contributed by atoms with Crippen molar-refractivity contribution in [1.29, 1.82) is 0 Å². The number of nitrogens with two attached hydrogens (primary N) is 1. The molecule has 0 amide bonds. The number of rotatable bonds is 9. The standard InChI is InChI=1S/C27H23ClF4N6O4S/c1-42-16-3-4-17-20(11-16)34-26(19(33)9-13-7-14(29)10-15(30)8-13)38(27(17)39)21-6-5-18(28)23-24(21)37(12-22(31)32)35-25(23)36-43(2,40)41/h3-8,10-11,19,22H,9,12,33H2,1-2H3,(H,35,36). The fourth-order valence-corrected chi connectivity index (χ4v) is 5.55. The molecule has 0 saturated carbocycles. The van der Waals surface area contributed by atoms with E-state index in [9.17, 15) is 30.8 Å². The summed E-state index contributed by atoms with van der Waals surface area (Å²) in [5.41, 5.74) is 6.04. The molecule has 3 N–H and O–H groups in total. The van der Waals surface area contributed by atoms with Crippen LogP contribution in [0.4, 0.5) is 23.4 Å². The Labute approximate surface area is 246 Å². The molecule has 0 aliphatic rings. The van der Waals surface area contributed by atoms with E-state index in [4.69, 9.17) is 22.1 Å². The predicted molar refractivity (Wildman–Crippen MR) is 154 cm³/mol. The first kappa shape index (κ1) is 30.3. The van der Waals surface area contributed by atoms with Crippen LogP contribution in [0.15, 0.2) is 53.3 Å². The zero-order chi connectivity index (χ0) is 31.2. The Bertz CT molecular complexity index is 2030. The Balaban J connectivity index is 1.85. The number of alkyl halides is 2. The minimum Gasteiger partial charge on any atom is -0.497 e. The highest BCUT2D eigenvalue weighted by Gasteiger charge is 2.26. The number of fused-ring (bicyclic) bond motifs is 2. The van der Waals surface area contributed by atoms with Crippen molar-refractivity contribution in [3.63, 3.8) is 0 Å². The summed E-state index contributed by atoms with van der Waals surface area (Å²) in [5.74, 6) is -1.72. The lowest BCUT2D eigenvalue weighted by Gasteiger charge is -2.20. The van der Waals surface area contributed by atoms with Crippen LogP contribution in [0.5, 0.6) is 5.75 Å². The number of hydrogen-bond donors (Lipinski definition) is 2. The van der Waals surface area contributed by atoms with Gasteiger partial charge in [-0.25, -0.2) is 31.0 Å². The largest absolute Gasteiger partial charge is 0.497 e. The molecule has 5 rings (SSSR count). The average molecular weight is 639 g/mol. The van der Waals surface area contributed by atoms with Crippen molar-refractivity contribution in [2.45, 2.75) is 25.4 Å². The summed E-state index contributed by atoms with van der Waals surface area (Å²) in [6.45, 7) is -0.980. The van der Waals surface area contributed by atoms with E-state index in [1.54, 1.807) is 0 Å². The van der Waals surface area contributed by atoms with Gasteiger partial charge in [0, 0.05) is 12.1 Å². The molecule has 3 aromatic carbocycles. The Morgan fingerprint density at radius 1 is 1.09 bits per heavy atom. The van der Waals surface area contributed by atoms with Crippen LogP contribution >= 0.6 is 11.6 Å². The van der Waals surface area contributed by atoms with E-state index in [0.717, 1.165) is 27.6 Å². The molecule has 226 valence electrons. The molecule has 1 atom stereocenters. The maximum Gasteiger partial charge on any atom is 0.266 e. The Kier molecular flexibility index (Phi) is 8.07. The minimum atomic E-state index is -3.93. The van der Waals surface area contributed by atoms with Gasteiger partial charge in [0.1, 0.15) is 29.8 Å². The highest BCUT2D eigenvalue weighted by molar-refractivity contribution is 7.92. The molecule has 2 aromatic heterocycles. The van der Waals surface area contributed by atoms with Crippen LogP contribution in [0.3, 0.4) is 0 Å². The van der Waals surface area contributed by atoms with Gasteiger partial charge in [0.25, 0.3) is 12.0 Å². The lowest BCUT2D eigenvalue weighted by Crippen LogP contribution is -2.30. The number of ether oxygens (including phenoxy) is 1. The molecule has 16 heteroatoms. The quantitative estimate of drug-likeness (QED) is 0.226. The molecule has 0 fully saturated rings. The molecule has 0 spiro atoms. The van der Waals surface area contributed by atoms with E-state index < -0.39 is 46.2 Å². The predicted octanol–water partition coefficient (Wildman–Crippen LogP) is 4.55. The van der Waals surface area contributed by atoms with Gasteiger partial charge in [-0.1, -0.05) is 11.6 Å². The molecular formula is C27H23ClF4N6O4S. The molecular weight excluding hydrogens is 616 g/mol. The van der Waals surface area contributed by atoms with Crippen LogP contribution in [-0.4, -0.2) is 47.5 Å². The molecule has 1 unspecified atom stereocenters. The number of aromatic nitrogens is 4. The lowest BCUT2D eigenvalue weighted by molar-refractivity contribution is 0.123. The van der Waals surface area contributed by atoms with E-state index in [2.05, 4.69) is 14.8 Å². The highest BCUT2D eigenvalue weighted by atomic mass is 35.5. The van der Waals surface area contributed by atoms with Crippen molar-refractivity contribution in [2.75, 3.05) is 18.1 Å². The van der Waals surface area contributed by atoms with Gasteiger partial charge < -0.3 is 10.5 Å². The average Bonchev–Trinajstić information content (AvgIpc) is 3.24. The summed E-state index contributed by atoms with van der Waals surface area (Å²) in [7, 11) is -2.51. The zero-order valence-electron chi connectivity index (χ0n) is 22.5. The molecule has 0 aliphatic carbocycles. The van der Waals surface area contributed by atoms with E-state index in [0.29, 0.717) is 11.8 Å².